The maximum atomic E-state index is 14.7. The van der Waals surface area contributed by atoms with Crippen LogP contribution in [0, 0.1) is 15.9 Å². The van der Waals surface area contributed by atoms with Gasteiger partial charge in [-0.15, -0.1) is 0 Å². The summed E-state index contributed by atoms with van der Waals surface area (Å²) in [4.78, 5) is 37.0. The second kappa shape index (κ2) is 12.6. The first-order valence-corrected chi connectivity index (χ1v) is 11.1. The monoisotopic (exact) mass is 502 g/mol. The average Bonchev–Trinajstić information content (AvgIpc) is 2.76. The Hall–Kier alpha value is -3.06. The van der Waals surface area contributed by atoms with Crippen molar-refractivity contribution in [1.29, 1.82) is 0 Å². The van der Waals surface area contributed by atoms with Crippen LogP contribution < -0.4 is 10.6 Å². The molecule has 1 aromatic carbocycles. The molecule has 1 aliphatic heterocycles. The number of amides is 2. The fraction of sp³-hybridized carbons (Fsp3) is 0.636. The van der Waals surface area contributed by atoms with Crippen molar-refractivity contribution in [2.24, 2.45) is 0 Å². The number of benzene rings is 1. The first kappa shape index (κ1) is 28.2. The predicted molar refractivity (Wildman–Crippen MR) is 123 cm³/mol. The van der Waals surface area contributed by atoms with E-state index >= 15 is 0 Å². The van der Waals surface area contributed by atoms with Gasteiger partial charge in [0.05, 0.1) is 36.3 Å². The Morgan fingerprint density at radius 3 is 2.60 bits per heavy atom. The molecule has 1 saturated heterocycles. The molecule has 1 aliphatic rings. The molecule has 1 heterocycles. The minimum Gasteiger partial charge on any atom is -0.444 e. The van der Waals surface area contributed by atoms with Gasteiger partial charge in [0, 0.05) is 38.9 Å². The zero-order valence-corrected chi connectivity index (χ0v) is 20.3. The number of hydrogen-bond donors (Lipinski definition) is 2. The van der Waals surface area contributed by atoms with Crippen LogP contribution in [0.3, 0.4) is 0 Å². The van der Waals surface area contributed by atoms with Gasteiger partial charge in [-0.1, -0.05) is 0 Å². The van der Waals surface area contributed by atoms with Crippen LogP contribution in [0.2, 0.25) is 0 Å². The largest absolute Gasteiger partial charge is 0.444 e. The predicted octanol–water partition coefficient (Wildman–Crippen LogP) is 2.89. The number of carbonyl (C=O) groups excluding carboxylic acids is 2. The van der Waals surface area contributed by atoms with Crippen molar-refractivity contribution in [3.8, 4) is 0 Å². The molecule has 2 atom stereocenters. The first-order chi connectivity index (χ1) is 16.4. The van der Waals surface area contributed by atoms with E-state index in [9.17, 15) is 28.5 Å². The summed E-state index contributed by atoms with van der Waals surface area (Å²) in [6.07, 6.45) is -2.20. The van der Waals surface area contributed by atoms with E-state index in [1.54, 1.807) is 20.8 Å². The molecule has 0 saturated carbocycles. The lowest BCUT2D eigenvalue weighted by Crippen LogP contribution is -2.55. The number of anilines is 1. The molecule has 0 spiro atoms. The number of methoxy groups -OCH3 is 1. The second-order valence-corrected chi connectivity index (χ2v) is 8.95. The highest BCUT2D eigenvalue weighted by atomic mass is 19.1. The second-order valence-electron chi connectivity index (χ2n) is 8.95. The summed E-state index contributed by atoms with van der Waals surface area (Å²) in [7, 11) is 1.52. The average molecular weight is 503 g/mol. The molecule has 1 aromatic rings. The Morgan fingerprint density at radius 2 is 1.97 bits per heavy atom. The minimum absolute atomic E-state index is 0.0534. The topological polar surface area (TPSA) is 132 Å². The molecule has 35 heavy (non-hydrogen) atoms. The van der Waals surface area contributed by atoms with Gasteiger partial charge in [-0.05, 0) is 27.2 Å². The summed E-state index contributed by atoms with van der Waals surface area (Å²) < 4.78 is 44.6. The molecule has 1 fully saturated rings. The number of ether oxygens (including phenoxy) is 3. The van der Waals surface area contributed by atoms with Crippen LogP contribution >= 0.6 is 0 Å². The van der Waals surface area contributed by atoms with Crippen LogP contribution in [0.15, 0.2) is 12.1 Å². The fourth-order valence-corrected chi connectivity index (χ4v) is 3.33. The molecule has 13 heteroatoms. The molecular formula is C22H32F2N4O7. The number of carbonyl (C=O) groups is 2. The molecule has 0 unspecified atom stereocenters. The SMILES string of the molecule is COCCOCCNc1cc(F)c(C(=O)N[C@H]2CN(C(=O)OC(C)(C)C)CC[C@@H]2F)cc1[N+](=O)[O-]. The zero-order valence-electron chi connectivity index (χ0n) is 20.3. The highest BCUT2D eigenvalue weighted by Gasteiger charge is 2.35. The number of piperidine rings is 1. The van der Waals surface area contributed by atoms with Crippen molar-refractivity contribution < 1.29 is 37.5 Å². The van der Waals surface area contributed by atoms with Crippen molar-refractivity contribution >= 4 is 23.4 Å². The lowest BCUT2D eigenvalue weighted by molar-refractivity contribution is -0.384. The normalized spacial score (nSPS) is 18.2. The Morgan fingerprint density at radius 1 is 1.26 bits per heavy atom. The molecule has 0 radical (unpaired) electrons. The molecule has 0 aliphatic carbocycles. The van der Waals surface area contributed by atoms with Gasteiger partial charge < -0.3 is 29.7 Å². The minimum atomic E-state index is -1.49. The summed E-state index contributed by atoms with van der Waals surface area (Å²) >= 11 is 0. The lowest BCUT2D eigenvalue weighted by Gasteiger charge is -2.36. The highest BCUT2D eigenvalue weighted by molar-refractivity contribution is 5.96. The summed E-state index contributed by atoms with van der Waals surface area (Å²) in [5.41, 5.74) is -2.02. The molecule has 0 aromatic heterocycles. The quantitative estimate of drug-likeness (QED) is 0.284. The van der Waals surface area contributed by atoms with Gasteiger partial charge in [0.1, 0.15) is 23.3 Å². The lowest BCUT2D eigenvalue weighted by atomic mass is 10.0. The number of nitrogens with one attached hydrogen (secondary N) is 2. The van der Waals surface area contributed by atoms with Gasteiger partial charge >= 0.3 is 6.09 Å². The molecule has 11 nitrogen and oxygen atoms in total. The van der Waals surface area contributed by atoms with E-state index in [1.807, 2.05) is 0 Å². The number of halogens is 2. The van der Waals surface area contributed by atoms with E-state index in [0.29, 0.717) is 13.2 Å². The Labute approximate surface area is 202 Å². The maximum absolute atomic E-state index is 14.7. The summed E-state index contributed by atoms with van der Waals surface area (Å²) in [5.74, 6) is -2.05. The third-order valence-corrected chi connectivity index (χ3v) is 5.02. The number of rotatable bonds is 10. The number of nitrogens with zero attached hydrogens (tertiary/aromatic N) is 2. The van der Waals surface area contributed by atoms with Crippen molar-refractivity contribution in [1.82, 2.24) is 10.2 Å². The van der Waals surface area contributed by atoms with Crippen LogP contribution in [0.5, 0.6) is 0 Å². The molecule has 2 rings (SSSR count). The van der Waals surface area contributed by atoms with Gasteiger partial charge in [-0.2, -0.15) is 0 Å². The molecule has 196 valence electrons. The number of alkyl halides is 1. The van der Waals surface area contributed by atoms with Crippen LogP contribution in [0.1, 0.15) is 37.6 Å². The van der Waals surface area contributed by atoms with Gasteiger partial charge in [0.25, 0.3) is 11.6 Å². The maximum Gasteiger partial charge on any atom is 0.410 e. The smallest absolute Gasteiger partial charge is 0.410 e. The van der Waals surface area contributed by atoms with E-state index in [2.05, 4.69) is 10.6 Å². The van der Waals surface area contributed by atoms with Crippen molar-refractivity contribution in [2.45, 2.75) is 45.0 Å². The molecule has 2 amide bonds. The highest BCUT2D eigenvalue weighted by Crippen LogP contribution is 2.28. The molecular weight excluding hydrogens is 470 g/mol. The number of nitro benzene ring substituents is 1. The molecule has 2 N–H and O–H groups in total. The fourth-order valence-electron chi connectivity index (χ4n) is 3.33. The van der Waals surface area contributed by atoms with E-state index in [-0.39, 0.29) is 38.3 Å². The van der Waals surface area contributed by atoms with Gasteiger partial charge in [-0.25, -0.2) is 13.6 Å². The summed E-state index contributed by atoms with van der Waals surface area (Å²) in [6.45, 7) is 6.04. The number of hydrogen-bond acceptors (Lipinski definition) is 8. The van der Waals surface area contributed by atoms with Crippen LogP contribution in [-0.2, 0) is 14.2 Å². The molecule has 0 bridgehead atoms. The first-order valence-electron chi connectivity index (χ1n) is 11.1. The van der Waals surface area contributed by atoms with Gasteiger partial charge in [0.15, 0.2) is 0 Å². The van der Waals surface area contributed by atoms with Crippen molar-refractivity contribution in [2.75, 3.05) is 51.9 Å². The Kier molecular flexibility index (Phi) is 10.1. The van der Waals surface area contributed by atoms with Crippen LogP contribution in [0.25, 0.3) is 0 Å². The van der Waals surface area contributed by atoms with Crippen LogP contribution in [-0.4, -0.2) is 86.2 Å². The van der Waals surface area contributed by atoms with Crippen LogP contribution in [0.4, 0.5) is 25.0 Å². The summed E-state index contributed by atoms with van der Waals surface area (Å²) in [6, 6.07) is 0.494. The van der Waals surface area contributed by atoms with E-state index in [1.165, 1.54) is 12.0 Å². The third kappa shape index (κ3) is 8.58. The third-order valence-electron chi connectivity index (χ3n) is 5.02. The number of nitro groups is 1. The van der Waals surface area contributed by atoms with Crippen molar-refractivity contribution in [3.63, 3.8) is 0 Å². The summed E-state index contributed by atoms with van der Waals surface area (Å²) in [5, 5.41) is 16.6. The zero-order chi connectivity index (χ0) is 26.2. The standard InChI is InChI=1S/C22H32F2N4O7/c1-22(2,3)35-21(30)27-7-5-15(23)18(13-27)26-20(29)14-11-19(28(31)32)17(12-16(14)24)25-6-8-34-10-9-33-4/h11-12,15,18,25H,5-10,13H2,1-4H3,(H,26,29)/t15-,18-/m0/s1. The number of likely N-dealkylation sites (tertiary alicyclic amines) is 1. The van der Waals surface area contributed by atoms with E-state index < -0.39 is 51.8 Å². The van der Waals surface area contributed by atoms with Crippen molar-refractivity contribution in [3.05, 3.63) is 33.6 Å². The van der Waals surface area contributed by atoms with E-state index in [4.69, 9.17) is 14.2 Å². The Bertz CT molecular complexity index is 911. The Balaban J connectivity index is 2.09. The van der Waals surface area contributed by atoms with E-state index in [0.717, 1.165) is 12.1 Å². The van der Waals surface area contributed by atoms with Gasteiger partial charge in [-0.3, -0.25) is 14.9 Å². The van der Waals surface area contributed by atoms with Gasteiger partial charge in [0.2, 0.25) is 0 Å².